The fourth-order valence-corrected chi connectivity index (χ4v) is 2.13. The minimum absolute atomic E-state index is 0.0380. The standard InChI is InChI=1S/C10H14N6O2S/c1-16-6-14-10(15-16)5-13-8-2-7(11)3-9(4-8)19(12,17)18/h2-4,6,13H,5,11H2,1H3,(H2,12,17,18). The van der Waals surface area contributed by atoms with Gasteiger partial charge in [-0.2, -0.15) is 5.10 Å². The van der Waals surface area contributed by atoms with Crippen LogP contribution in [0.2, 0.25) is 0 Å². The van der Waals surface area contributed by atoms with Gasteiger partial charge in [-0.15, -0.1) is 0 Å². The number of nitrogens with one attached hydrogen (secondary N) is 1. The first-order valence-corrected chi connectivity index (χ1v) is 6.91. The van der Waals surface area contributed by atoms with Crippen LogP contribution in [0.1, 0.15) is 5.82 Å². The SMILES string of the molecule is Cn1cnc(CNc2cc(N)cc(S(N)(=O)=O)c2)n1. The first kappa shape index (κ1) is 13.3. The van der Waals surface area contributed by atoms with Crippen LogP contribution < -0.4 is 16.2 Å². The summed E-state index contributed by atoms with van der Waals surface area (Å²) >= 11 is 0. The van der Waals surface area contributed by atoms with Gasteiger partial charge in [0, 0.05) is 18.4 Å². The average molecular weight is 282 g/mol. The van der Waals surface area contributed by atoms with Gasteiger partial charge in [-0.05, 0) is 18.2 Å². The molecular formula is C10H14N6O2S. The molecule has 1 aromatic heterocycles. The van der Waals surface area contributed by atoms with Crippen LogP contribution in [0.25, 0.3) is 0 Å². The van der Waals surface area contributed by atoms with E-state index >= 15 is 0 Å². The molecule has 0 saturated heterocycles. The number of nitrogens with zero attached hydrogens (tertiary/aromatic N) is 3. The number of hydrogen-bond acceptors (Lipinski definition) is 6. The summed E-state index contributed by atoms with van der Waals surface area (Å²) in [6, 6.07) is 4.33. The van der Waals surface area contributed by atoms with Crippen molar-refractivity contribution >= 4 is 21.4 Å². The van der Waals surface area contributed by atoms with E-state index in [1.807, 2.05) is 0 Å². The van der Waals surface area contributed by atoms with Crippen molar-refractivity contribution in [1.29, 1.82) is 0 Å². The highest BCUT2D eigenvalue weighted by atomic mass is 32.2. The lowest BCUT2D eigenvalue weighted by molar-refractivity contribution is 0.598. The molecule has 0 aliphatic rings. The quantitative estimate of drug-likeness (QED) is 0.658. The van der Waals surface area contributed by atoms with Crippen LogP contribution in [-0.2, 0) is 23.6 Å². The highest BCUT2D eigenvalue weighted by molar-refractivity contribution is 7.89. The molecular weight excluding hydrogens is 268 g/mol. The summed E-state index contributed by atoms with van der Waals surface area (Å²) in [4.78, 5) is 4.00. The number of anilines is 2. The van der Waals surface area contributed by atoms with Gasteiger partial charge in [0.2, 0.25) is 10.0 Å². The van der Waals surface area contributed by atoms with E-state index in [2.05, 4.69) is 15.4 Å². The van der Waals surface area contributed by atoms with Gasteiger partial charge in [-0.25, -0.2) is 18.5 Å². The summed E-state index contributed by atoms with van der Waals surface area (Å²) in [6.45, 7) is 0.356. The van der Waals surface area contributed by atoms with Gasteiger partial charge in [0.15, 0.2) is 5.82 Å². The molecule has 0 aliphatic heterocycles. The van der Waals surface area contributed by atoms with Crippen molar-refractivity contribution in [2.45, 2.75) is 11.4 Å². The zero-order valence-electron chi connectivity index (χ0n) is 10.2. The minimum atomic E-state index is -3.78. The van der Waals surface area contributed by atoms with Gasteiger partial charge in [0.1, 0.15) is 6.33 Å². The number of nitrogens with two attached hydrogens (primary N) is 2. The summed E-state index contributed by atoms with van der Waals surface area (Å²) < 4.78 is 24.1. The van der Waals surface area contributed by atoms with Gasteiger partial charge >= 0.3 is 0 Å². The zero-order valence-corrected chi connectivity index (χ0v) is 11.1. The van der Waals surface area contributed by atoms with Gasteiger partial charge in [0.05, 0.1) is 11.4 Å². The summed E-state index contributed by atoms with van der Waals surface area (Å²) in [5.41, 5.74) is 6.48. The van der Waals surface area contributed by atoms with E-state index in [9.17, 15) is 8.42 Å². The number of hydrogen-bond donors (Lipinski definition) is 3. The molecule has 0 atom stereocenters. The molecule has 2 aromatic rings. The summed E-state index contributed by atoms with van der Waals surface area (Å²) in [6.07, 6.45) is 1.58. The maximum Gasteiger partial charge on any atom is 0.238 e. The molecule has 1 aromatic carbocycles. The molecule has 0 fully saturated rings. The molecule has 102 valence electrons. The van der Waals surface area contributed by atoms with Crippen molar-refractivity contribution in [3.05, 3.63) is 30.4 Å². The molecule has 0 radical (unpaired) electrons. The Morgan fingerprint density at radius 1 is 1.37 bits per heavy atom. The molecule has 0 amide bonds. The molecule has 19 heavy (non-hydrogen) atoms. The number of aryl methyl sites for hydroxylation is 1. The molecule has 0 aliphatic carbocycles. The molecule has 0 unspecified atom stereocenters. The van der Waals surface area contributed by atoms with Crippen LogP contribution >= 0.6 is 0 Å². The Balaban J connectivity index is 2.19. The Labute approximate surface area is 110 Å². The number of aromatic nitrogens is 3. The second-order valence-electron chi connectivity index (χ2n) is 4.02. The molecule has 2 rings (SSSR count). The van der Waals surface area contributed by atoms with Gasteiger partial charge in [-0.3, -0.25) is 4.68 Å². The second-order valence-corrected chi connectivity index (χ2v) is 5.59. The van der Waals surface area contributed by atoms with E-state index in [0.717, 1.165) is 0 Å². The van der Waals surface area contributed by atoms with Crippen molar-refractivity contribution < 1.29 is 8.42 Å². The zero-order chi connectivity index (χ0) is 14.0. The summed E-state index contributed by atoms with van der Waals surface area (Å²) in [7, 11) is -2.02. The molecule has 9 heteroatoms. The Morgan fingerprint density at radius 2 is 2.11 bits per heavy atom. The number of benzene rings is 1. The maximum absolute atomic E-state index is 11.3. The van der Waals surface area contributed by atoms with Crippen molar-refractivity contribution in [3.8, 4) is 0 Å². The van der Waals surface area contributed by atoms with Crippen LogP contribution in [0.5, 0.6) is 0 Å². The predicted molar refractivity (Wildman–Crippen MR) is 70.6 cm³/mol. The van der Waals surface area contributed by atoms with E-state index in [1.165, 1.54) is 12.1 Å². The third-order valence-electron chi connectivity index (χ3n) is 2.36. The molecule has 5 N–H and O–H groups in total. The van der Waals surface area contributed by atoms with Gasteiger partial charge in [-0.1, -0.05) is 0 Å². The summed E-state index contributed by atoms with van der Waals surface area (Å²) in [5.74, 6) is 0.585. The molecule has 0 spiro atoms. The third-order valence-corrected chi connectivity index (χ3v) is 3.25. The second kappa shape index (κ2) is 4.86. The molecule has 1 heterocycles. The topological polar surface area (TPSA) is 129 Å². The van der Waals surface area contributed by atoms with Crippen LogP contribution in [0.3, 0.4) is 0 Å². The third kappa shape index (κ3) is 3.42. The van der Waals surface area contributed by atoms with E-state index in [1.54, 1.807) is 24.1 Å². The molecule has 0 saturated carbocycles. The smallest absolute Gasteiger partial charge is 0.238 e. The number of nitrogen functional groups attached to an aromatic ring is 1. The monoisotopic (exact) mass is 282 g/mol. The average Bonchev–Trinajstić information content (AvgIpc) is 2.71. The van der Waals surface area contributed by atoms with Crippen LogP contribution in [0.15, 0.2) is 29.4 Å². The van der Waals surface area contributed by atoms with Crippen LogP contribution in [-0.4, -0.2) is 23.2 Å². The lowest BCUT2D eigenvalue weighted by Crippen LogP contribution is -2.13. The number of rotatable bonds is 4. The molecule has 8 nitrogen and oxygen atoms in total. The van der Waals surface area contributed by atoms with Crippen molar-refractivity contribution in [1.82, 2.24) is 14.8 Å². The van der Waals surface area contributed by atoms with E-state index in [4.69, 9.17) is 10.9 Å². The largest absolute Gasteiger partial charge is 0.399 e. The summed E-state index contributed by atoms with van der Waals surface area (Å²) in [5, 5.41) is 12.1. The van der Waals surface area contributed by atoms with Crippen molar-refractivity contribution in [2.24, 2.45) is 12.2 Å². The fraction of sp³-hybridized carbons (Fsp3) is 0.200. The Bertz CT molecular complexity index is 694. The minimum Gasteiger partial charge on any atom is -0.399 e. The fourth-order valence-electron chi connectivity index (χ4n) is 1.53. The Hall–Kier alpha value is -2.13. The Kier molecular flexibility index (Phi) is 3.40. The normalized spacial score (nSPS) is 11.5. The van der Waals surface area contributed by atoms with Gasteiger partial charge in [0.25, 0.3) is 0 Å². The molecule has 0 bridgehead atoms. The first-order chi connectivity index (χ1) is 8.84. The maximum atomic E-state index is 11.3. The lowest BCUT2D eigenvalue weighted by atomic mass is 10.3. The van der Waals surface area contributed by atoms with Crippen molar-refractivity contribution in [2.75, 3.05) is 11.1 Å². The number of primary sulfonamides is 1. The number of sulfonamides is 1. The van der Waals surface area contributed by atoms with E-state index in [-0.39, 0.29) is 4.90 Å². The van der Waals surface area contributed by atoms with Crippen LogP contribution in [0.4, 0.5) is 11.4 Å². The van der Waals surface area contributed by atoms with Crippen LogP contribution in [0, 0.1) is 0 Å². The first-order valence-electron chi connectivity index (χ1n) is 5.36. The Morgan fingerprint density at radius 3 is 2.68 bits per heavy atom. The predicted octanol–water partition coefficient (Wildman–Crippen LogP) is -0.343. The van der Waals surface area contributed by atoms with Gasteiger partial charge < -0.3 is 11.1 Å². The lowest BCUT2D eigenvalue weighted by Gasteiger charge is -2.07. The van der Waals surface area contributed by atoms with E-state index in [0.29, 0.717) is 23.7 Å². The van der Waals surface area contributed by atoms with E-state index < -0.39 is 10.0 Å². The highest BCUT2D eigenvalue weighted by Gasteiger charge is 2.10. The highest BCUT2D eigenvalue weighted by Crippen LogP contribution is 2.19. The van der Waals surface area contributed by atoms with Crippen molar-refractivity contribution in [3.63, 3.8) is 0 Å².